The molecular weight excluding hydrogens is 212 g/mol. The number of carbonyl (C=O) groups excluding carboxylic acids is 2. The molecule has 0 spiro atoms. The Balaban J connectivity index is 3.09. The Bertz CT molecular complexity index is 433. The van der Waals surface area contributed by atoms with Gasteiger partial charge in [0.05, 0.1) is 0 Å². The summed E-state index contributed by atoms with van der Waals surface area (Å²) in [5, 5.41) is 0. The molecule has 0 radical (unpaired) electrons. The van der Waals surface area contributed by atoms with Crippen LogP contribution in [0.5, 0.6) is 0 Å². The maximum atomic E-state index is 12.1. The van der Waals surface area contributed by atoms with Crippen molar-refractivity contribution in [2.75, 3.05) is 0 Å². The quantitative estimate of drug-likeness (QED) is 0.589. The molecule has 0 saturated carbocycles. The zero-order valence-corrected chi connectivity index (χ0v) is 11.3. The Kier molecular flexibility index (Phi) is 4.22. The van der Waals surface area contributed by atoms with E-state index in [0.29, 0.717) is 12.0 Å². The molecule has 0 N–H and O–H groups in total. The first-order valence-electron chi connectivity index (χ1n) is 5.98. The minimum atomic E-state index is -0.339. The van der Waals surface area contributed by atoms with Gasteiger partial charge in [0.15, 0.2) is 0 Å². The van der Waals surface area contributed by atoms with Gasteiger partial charge in [0, 0.05) is 12.0 Å². The first-order valence-corrected chi connectivity index (χ1v) is 5.98. The minimum absolute atomic E-state index is 0.220. The number of ketones is 2. The summed E-state index contributed by atoms with van der Waals surface area (Å²) in [6, 6.07) is 3.89. The standard InChI is InChI=1S/C15H20O2/c1-9(2)6-13(16)15(17)14-11(4)7-10(3)8-12(14)5/h7-9H,6H2,1-5H3. The van der Waals surface area contributed by atoms with Crippen molar-refractivity contribution in [2.45, 2.75) is 41.0 Å². The molecule has 0 heterocycles. The van der Waals surface area contributed by atoms with Gasteiger partial charge in [0.2, 0.25) is 11.6 Å². The summed E-state index contributed by atoms with van der Waals surface area (Å²) < 4.78 is 0. The van der Waals surface area contributed by atoms with Crippen LogP contribution in [0.4, 0.5) is 0 Å². The molecule has 0 bridgehead atoms. The Hall–Kier alpha value is -1.44. The van der Waals surface area contributed by atoms with Gasteiger partial charge in [0.1, 0.15) is 0 Å². The lowest BCUT2D eigenvalue weighted by Gasteiger charge is -2.10. The Morgan fingerprint density at radius 3 is 1.94 bits per heavy atom. The van der Waals surface area contributed by atoms with Crippen LogP contribution in [0.25, 0.3) is 0 Å². The van der Waals surface area contributed by atoms with Crippen molar-refractivity contribution in [1.82, 2.24) is 0 Å². The van der Waals surface area contributed by atoms with Gasteiger partial charge in [-0.25, -0.2) is 0 Å². The SMILES string of the molecule is Cc1cc(C)c(C(=O)C(=O)CC(C)C)c(C)c1. The zero-order valence-electron chi connectivity index (χ0n) is 11.3. The topological polar surface area (TPSA) is 34.1 Å². The molecule has 0 unspecified atom stereocenters. The van der Waals surface area contributed by atoms with Crippen molar-refractivity contribution >= 4 is 11.6 Å². The van der Waals surface area contributed by atoms with Crippen LogP contribution < -0.4 is 0 Å². The van der Waals surface area contributed by atoms with Crippen LogP contribution in [0.1, 0.15) is 47.3 Å². The minimum Gasteiger partial charge on any atom is -0.290 e. The molecule has 17 heavy (non-hydrogen) atoms. The van der Waals surface area contributed by atoms with Crippen LogP contribution in [-0.4, -0.2) is 11.6 Å². The first kappa shape index (κ1) is 13.6. The van der Waals surface area contributed by atoms with Crippen LogP contribution in [0.15, 0.2) is 12.1 Å². The zero-order chi connectivity index (χ0) is 13.2. The van der Waals surface area contributed by atoms with Crippen molar-refractivity contribution < 1.29 is 9.59 Å². The molecular formula is C15H20O2. The molecule has 0 aliphatic rings. The molecule has 92 valence electrons. The third kappa shape index (κ3) is 3.26. The second-order valence-electron chi connectivity index (χ2n) is 5.12. The highest BCUT2D eigenvalue weighted by atomic mass is 16.2. The number of Topliss-reactive ketones (excluding diaryl/α,β-unsaturated/α-hetero) is 2. The molecule has 0 saturated heterocycles. The summed E-state index contributed by atoms with van der Waals surface area (Å²) in [5.74, 6) is -0.402. The van der Waals surface area contributed by atoms with E-state index in [1.165, 1.54) is 0 Å². The van der Waals surface area contributed by atoms with E-state index in [0.717, 1.165) is 16.7 Å². The van der Waals surface area contributed by atoms with E-state index in [1.54, 1.807) is 0 Å². The average molecular weight is 232 g/mol. The predicted octanol–water partition coefficient (Wildman–Crippen LogP) is 3.41. The van der Waals surface area contributed by atoms with Gasteiger partial charge in [-0.05, 0) is 37.8 Å². The highest BCUT2D eigenvalue weighted by Gasteiger charge is 2.20. The molecule has 1 rings (SSSR count). The van der Waals surface area contributed by atoms with Gasteiger partial charge < -0.3 is 0 Å². The van der Waals surface area contributed by atoms with E-state index in [9.17, 15) is 9.59 Å². The van der Waals surface area contributed by atoms with E-state index < -0.39 is 0 Å². The van der Waals surface area contributed by atoms with Crippen LogP contribution in [0.2, 0.25) is 0 Å². The summed E-state index contributed by atoms with van der Waals surface area (Å²) >= 11 is 0. The van der Waals surface area contributed by atoms with E-state index in [1.807, 2.05) is 46.8 Å². The molecule has 0 aliphatic heterocycles. The van der Waals surface area contributed by atoms with E-state index in [2.05, 4.69) is 0 Å². The largest absolute Gasteiger partial charge is 0.290 e. The second kappa shape index (κ2) is 5.26. The smallest absolute Gasteiger partial charge is 0.229 e. The van der Waals surface area contributed by atoms with Crippen molar-refractivity contribution in [2.24, 2.45) is 5.92 Å². The average Bonchev–Trinajstić information content (AvgIpc) is 2.14. The fraction of sp³-hybridized carbons (Fsp3) is 0.467. The number of hydrogen-bond donors (Lipinski definition) is 0. The number of carbonyl (C=O) groups is 2. The van der Waals surface area contributed by atoms with Crippen LogP contribution in [0, 0.1) is 26.7 Å². The lowest BCUT2D eigenvalue weighted by molar-refractivity contribution is -0.115. The second-order valence-corrected chi connectivity index (χ2v) is 5.12. The Morgan fingerprint density at radius 1 is 1.06 bits per heavy atom. The van der Waals surface area contributed by atoms with Crippen LogP contribution in [-0.2, 0) is 4.79 Å². The summed E-state index contributed by atoms with van der Waals surface area (Å²) in [7, 11) is 0. The van der Waals surface area contributed by atoms with Crippen molar-refractivity contribution in [3.05, 3.63) is 34.4 Å². The lowest BCUT2D eigenvalue weighted by Crippen LogP contribution is -2.18. The Labute approximate surface area is 103 Å². The molecule has 2 heteroatoms. The van der Waals surface area contributed by atoms with Gasteiger partial charge in [-0.15, -0.1) is 0 Å². The highest BCUT2D eigenvalue weighted by molar-refractivity contribution is 6.44. The van der Waals surface area contributed by atoms with Crippen molar-refractivity contribution in [1.29, 1.82) is 0 Å². The summed E-state index contributed by atoms with van der Waals surface area (Å²) in [5.41, 5.74) is 3.49. The number of rotatable bonds is 4. The van der Waals surface area contributed by atoms with Crippen molar-refractivity contribution in [3.8, 4) is 0 Å². The molecule has 0 aliphatic carbocycles. The van der Waals surface area contributed by atoms with E-state index in [4.69, 9.17) is 0 Å². The number of aryl methyl sites for hydroxylation is 3. The Morgan fingerprint density at radius 2 is 1.53 bits per heavy atom. The fourth-order valence-corrected chi connectivity index (χ4v) is 2.14. The van der Waals surface area contributed by atoms with Gasteiger partial charge in [0.25, 0.3) is 0 Å². The normalized spacial score (nSPS) is 10.7. The number of benzene rings is 1. The fourth-order valence-electron chi connectivity index (χ4n) is 2.14. The summed E-state index contributed by atoms with van der Waals surface area (Å²) in [4.78, 5) is 23.9. The maximum absolute atomic E-state index is 12.1. The molecule has 1 aromatic carbocycles. The maximum Gasteiger partial charge on any atom is 0.229 e. The van der Waals surface area contributed by atoms with Gasteiger partial charge in [-0.3, -0.25) is 9.59 Å². The van der Waals surface area contributed by atoms with Gasteiger partial charge in [-0.2, -0.15) is 0 Å². The van der Waals surface area contributed by atoms with Crippen LogP contribution >= 0.6 is 0 Å². The van der Waals surface area contributed by atoms with Crippen LogP contribution in [0.3, 0.4) is 0 Å². The predicted molar refractivity (Wildman–Crippen MR) is 69.4 cm³/mol. The van der Waals surface area contributed by atoms with Gasteiger partial charge >= 0.3 is 0 Å². The first-order chi connectivity index (χ1) is 7.82. The summed E-state index contributed by atoms with van der Waals surface area (Å²) in [6.07, 6.45) is 0.325. The number of hydrogen-bond acceptors (Lipinski definition) is 2. The highest BCUT2D eigenvalue weighted by Crippen LogP contribution is 2.18. The molecule has 2 nitrogen and oxygen atoms in total. The van der Waals surface area contributed by atoms with Crippen molar-refractivity contribution in [3.63, 3.8) is 0 Å². The third-order valence-corrected chi connectivity index (χ3v) is 2.75. The molecule has 1 aromatic rings. The summed E-state index contributed by atoms with van der Waals surface area (Å²) in [6.45, 7) is 9.65. The van der Waals surface area contributed by atoms with Gasteiger partial charge in [-0.1, -0.05) is 31.5 Å². The van der Waals surface area contributed by atoms with E-state index in [-0.39, 0.29) is 17.5 Å². The molecule has 0 atom stereocenters. The molecule has 0 amide bonds. The molecule has 0 fully saturated rings. The third-order valence-electron chi connectivity index (χ3n) is 2.75. The molecule has 0 aromatic heterocycles. The lowest BCUT2D eigenvalue weighted by atomic mass is 9.92. The monoisotopic (exact) mass is 232 g/mol. The van der Waals surface area contributed by atoms with E-state index >= 15 is 0 Å².